The molecule has 0 heterocycles. The lowest BCUT2D eigenvalue weighted by Gasteiger charge is -2.12. The second kappa shape index (κ2) is 6.73. The number of hydrogen-bond acceptors (Lipinski definition) is 2. The highest BCUT2D eigenvalue weighted by atomic mass is 79.9. The van der Waals surface area contributed by atoms with E-state index in [1.54, 1.807) is 25.1 Å². The first-order valence-electron chi connectivity index (χ1n) is 6.13. The van der Waals surface area contributed by atoms with E-state index >= 15 is 0 Å². The Morgan fingerprint density at radius 1 is 1.29 bits per heavy atom. The van der Waals surface area contributed by atoms with E-state index in [2.05, 4.69) is 15.9 Å². The highest BCUT2D eigenvalue weighted by molar-refractivity contribution is 9.10. The van der Waals surface area contributed by atoms with E-state index in [9.17, 15) is 13.9 Å². The zero-order chi connectivity index (χ0) is 15.6. The molecular formula is C15H12BrClF2O2. The summed E-state index contributed by atoms with van der Waals surface area (Å²) in [6.07, 6.45) is -0.656. The molecule has 2 aromatic carbocycles. The molecule has 6 heteroatoms. The number of rotatable bonds is 4. The fraction of sp³-hybridized carbons (Fsp3) is 0.200. The van der Waals surface area contributed by atoms with Gasteiger partial charge in [0.1, 0.15) is 24.0 Å². The van der Waals surface area contributed by atoms with Crippen molar-refractivity contribution in [3.8, 4) is 5.75 Å². The summed E-state index contributed by atoms with van der Waals surface area (Å²) in [4.78, 5) is 0. The van der Waals surface area contributed by atoms with E-state index < -0.39 is 17.7 Å². The third kappa shape index (κ3) is 3.73. The minimum absolute atomic E-state index is 0.165. The fourth-order valence-corrected chi connectivity index (χ4v) is 2.36. The van der Waals surface area contributed by atoms with Gasteiger partial charge in [0.05, 0.1) is 21.2 Å². The average Bonchev–Trinajstić information content (AvgIpc) is 2.44. The number of aliphatic hydroxyl groups is 1. The lowest BCUT2D eigenvalue weighted by molar-refractivity contribution is 0.199. The van der Waals surface area contributed by atoms with Crippen LogP contribution in [0.2, 0.25) is 5.02 Å². The molecular weight excluding hydrogens is 366 g/mol. The lowest BCUT2D eigenvalue weighted by atomic mass is 10.1. The van der Waals surface area contributed by atoms with Gasteiger partial charge in [-0.15, -0.1) is 0 Å². The molecule has 0 unspecified atom stereocenters. The molecule has 0 bridgehead atoms. The summed E-state index contributed by atoms with van der Waals surface area (Å²) in [6.45, 7) is 1.32. The maximum Gasteiger partial charge on any atom is 0.146 e. The molecule has 0 saturated carbocycles. The molecule has 0 saturated heterocycles. The van der Waals surface area contributed by atoms with Gasteiger partial charge in [-0.2, -0.15) is 0 Å². The Balaban J connectivity index is 2.19. The van der Waals surface area contributed by atoms with E-state index in [1.807, 2.05) is 0 Å². The first-order chi connectivity index (χ1) is 9.90. The number of halogens is 4. The summed E-state index contributed by atoms with van der Waals surface area (Å²) in [5.74, 6) is -1.10. The highest BCUT2D eigenvalue weighted by Crippen LogP contribution is 2.29. The van der Waals surface area contributed by atoms with Crippen molar-refractivity contribution >= 4 is 27.5 Å². The number of ether oxygens (including phenoxy) is 1. The van der Waals surface area contributed by atoms with Crippen molar-refractivity contribution in [2.45, 2.75) is 19.6 Å². The third-order valence-corrected chi connectivity index (χ3v) is 3.86. The Bertz CT molecular complexity index is 662. The van der Waals surface area contributed by atoms with Crippen LogP contribution in [0.25, 0.3) is 0 Å². The van der Waals surface area contributed by atoms with Crippen molar-refractivity contribution in [3.63, 3.8) is 0 Å². The summed E-state index contributed by atoms with van der Waals surface area (Å²) < 4.78 is 32.9. The standard InChI is InChI=1S/C15H12BrClF2O2/c1-8(20)9-2-5-14(12(17)6-9)21-7-10-13(18)4-3-11(16)15(10)19/h2-6,8,20H,7H2,1H3/t8-/m0/s1. The van der Waals surface area contributed by atoms with Crippen LogP contribution in [0.4, 0.5) is 8.78 Å². The van der Waals surface area contributed by atoms with Gasteiger partial charge in [0.15, 0.2) is 0 Å². The van der Waals surface area contributed by atoms with Crippen molar-refractivity contribution in [1.82, 2.24) is 0 Å². The molecule has 2 nitrogen and oxygen atoms in total. The lowest BCUT2D eigenvalue weighted by Crippen LogP contribution is -2.03. The number of hydrogen-bond donors (Lipinski definition) is 1. The molecule has 0 amide bonds. The highest BCUT2D eigenvalue weighted by Gasteiger charge is 2.14. The summed E-state index contributed by atoms with van der Waals surface area (Å²) in [5.41, 5.74) is 0.451. The van der Waals surface area contributed by atoms with Crippen molar-refractivity contribution < 1.29 is 18.6 Å². The van der Waals surface area contributed by atoms with Gasteiger partial charge in [-0.25, -0.2) is 8.78 Å². The largest absolute Gasteiger partial charge is 0.487 e. The molecule has 0 fully saturated rings. The van der Waals surface area contributed by atoms with E-state index in [4.69, 9.17) is 16.3 Å². The van der Waals surface area contributed by atoms with Crippen LogP contribution < -0.4 is 4.74 Å². The summed E-state index contributed by atoms with van der Waals surface area (Å²) in [6, 6.07) is 7.19. The quantitative estimate of drug-likeness (QED) is 0.759. The molecule has 0 aromatic heterocycles. The Kier molecular flexibility index (Phi) is 5.19. The monoisotopic (exact) mass is 376 g/mol. The third-order valence-electron chi connectivity index (χ3n) is 2.95. The minimum atomic E-state index is -0.702. The normalized spacial score (nSPS) is 12.3. The van der Waals surface area contributed by atoms with Crippen molar-refractivity contribution in [1.29, 1.82) is 0 Å². The summed E-state index contributed by atoms with van der Waals surface area (Å²) in [5, 5.41) is 9.71. The van der Waals surface area contributed by atoms with E-state index in [0.29, 0.717) is 11.3 Å². The molecule has 2 aromatic rings. The van der Waals surface area contributed by atoms with Crippen LogP contribution in [0, 0.1) is 11.6 Å². The van der Waals surface area contributed by atoms with Crippen LogP contribution >= 0.6 is 27.5 Å². The van der Waals surface area contributed by atoms with Crippen LogP contribution in [0.15, 0.2) is 34.8 Å². The Hall–Kier alpha value is -1.17. The molecule has 0 aliphatic carbocycles. The molecule has 0 aliphatic heterocycles. The minimum Gasteiger partial charge on any atom is -0.487 e. The van der Waals surface area contributed by atoms with Crippen LogP contribution in [-0.4, -0.2) is 5.11 Å². The molecule has 0 aliphatic rings. The van der Waals surface area contributed by atoms with Crippen molar-refractivity contribution in [2.24, 2.45) is 0 Å². The smallest absolute Gasteiger partial charge is 0.146 e. The van der Waals surface area contributed by atoms with Gasteiger partial charge in [0.2, 0.25) is 0 Å². The summed E-state index contributed by atoms with van der Waals surface area (Å²) >= 11 is 9.01. The predicted octanol–water partition coefficient (Wildman–Crippen LogP) is 5.01. The van der Waals surface area contributed by atoms with Crippen molar-refractivity contribution in [2.75, 3.05) is 0 Å². The summed E-state index contributed by atoms with van der Waals surface area (Å²) in [7, 11) is 0. The molecule has 112 valence electrons. The first kappa shape index (κ1) is 16.2. The Morgan fingerprint density at radius 2 is 2.00 bits per heavy atom. The van der Waals surface area contributed by atoms with Crippen LogP contribution in [0.3, 0.4) is 0 Å². The molecule has 1 atom stereocenters. The topological polar surface area (TPSA) is 29.5 Å². The predicted molar refractivity (Wildman–Crippen MR) is 80.5 cm³/mol. The first-order valence-corrected chi connectivity index (χ1v) is 7.30. The average molecular weight is 378 g/mol. The second-order valence-corrected chi connectivity index (χ2v) is 5.74. The molecule has 21 heavy (non-hydrogen) atoms. The maximum absolute atomic E-state index is 13.8. The Labute approximate surface area is 134 Å². The van der Waals surface area contributed by atoms with Crippen LogP contribution in [0.5, 0.6) is 5.75 Å². The molecule has 0 radical (unpaired) electrons. The SMILES string of the molecule is C[C@H](O)c1ccc(OCc2c(F)ccc(Br)c2F)c(Cl)c1. The van der Waals surface area contributed by atoms with Crippen LogP contribution in [0.1, 0.15) is 24.2 Å². The zero-order valence-corrected chi connectivity index (χ0v) is 13.4. The second-order valence-electron chi connectivity index (χ2n) is 4.48. The van der Waals surface area contributed by atoms with Gasteiger partial charge in [-0.05, 0) is 52.7 Å². The fourth-order valence-electron chi connectivity index (χ4n) is 1.75. The van der Waals surface area contributed by atoms with E-state index in [1.165, 1.54) is 6.07 Å². The number of benzene rings is 2. The molecule has 2 rings (SSSR count). The zero-order valence-electron chi connectivity index (χ0n) is 11.0. The Morgan fingerprint density at radius 3 is 2.62 bits per heavy atom. The molecule has 0 spiro atoms. The van der Waals surface area contributed by atoms with Gasteiger partial charge in [0.25, 0.3) is 0 Å². The van der Waals surface area contributed by atoms with Crippen LogP contribution in [-0.2, 0) is 6.61 Å². The maximum atomic E-state index is 13.8. The van der Waals surface area contributed by atoms with Gasteiger partial charge >= 0.3 is 0 Å². The van der Waals surface area contributed by atoms with Gasteiger partial charge in [0, 0.05) is 0 Å². The number of aliphatic hydroxyl groups excluding tert-OH is 1. The van der Waals surface area contributed by atoms with Gasteiger partial charge in [-0.1, -0.05) is 17.7 Å². The van der Waals surface area contributed by atoms with E-state index in [-0.39, 0.29) is 21.7 Å². The molecule has 1 N–H and O–H groups in total. The van der Waals surface area contributed by atoms with E-state index in [0.717, 1.165) is 6.07 Å². The van der Waals surface area contributed by atoms with Crippen molar-refractivity contribution in [3.05, 3.63) is 62.6 Å². The van der Waals surface area contributed by atoms with Gasteiger partial charge in [-0.3, -0.25) is 0 Å². The van der Waals surface area contributed by atoms with Gasteiger partial charge < -0.3 is 9.84 Å².